The summed E-state index contributed by atoms with van der Waals surface area (Å²) in [6, 6.07) is 0. The number of hydrogen-bond donors (Lipinski definition) is 1. The van der Waals surface area contributed by atoms with Gasteiger partial charge in [0.2, 0.25) is 0 Å². The van der Waals surface area contributed by atoms with Crippen LogP contribution in [0.25, 0.3) is 0 Å². The fourth-order valence-corrected chi connectivity index (χ4v) is 1.89. The largest absolute Gasteiger partial charge is 0.481 e. The summed E-state index contributed by atoms with van der Waals surface area (Å²) in [6.45, 7) is 3.52. The van der Waals surface area contributed by atoms with E-state index < -0.39 is 5.97 Å². The van der Waals surface area contributed by atoms with Gasteiger partial charge in [-0.1, -0.05) is 13.8 Å². The zero-order chi connectivity index (χ0) is 9.30. The third-order valence-electron chi connectivity index (χ3n) is 2.91. The van der Waals surface area contributed by atoms with Gasteiger partial charge in [0.05, 0.1) is 5.92 Å². The van der Waals surface area contributed by atoms with Crippen molar-refractivity contribution in [2.24, 2.45) is 17.8 Å². The van der Waals surface area contributed by atoms with Gasteiger partial charge in [-0.25, -0.2) is 0 Å². The minimum Gasteiger partial charge on any atom is -0.481 e. The molecular formula is C9H14O3. The molecule has 0 aromatic rings. The quantitative estimate of drug-likeness (QED) is 0.680. The van der Waals surface area contributed by atoms with Crippen LogP contribution in [0.1, 0.15) is 26.7 Å². The van der Waals surface area contributed by atoms with Gasteiger partial charge in [0, 0.05) is 12.3 Å². The highest BCUT2D eigenvalue weighted by Crippen LogP contribution is 2.34. The second kappa shape index (κ2) is 3.25. The highest BCUT2D eigenvalue weighted by Gasteiger charge is 2.37. The number of Topliss-reactive ketones (excluding diaryl/α,β-unsaturated/α-hetero) is 1. The molecule has 1 saturated carbocycles. The van der Waals surface area contributed by atoms with Crippen LogP contribution in [0.2, 0.25) is 0 Å². The fourth-order valence-electron chi connectivity index (χ4n) is 1.89. The van der Waals surface area contributed by atoms with E-state index in [1.807, 2.05) is 6.92 Å². The third kappa shape index (κ3) is 1.49. The van der Waals surface area contributed by atoms with Gasteiger partial charge in [-0.2, -0.15) is 0 Å². The van der Waals surface area contributed by atoms with Crippen molar-refractivity contribution in [2.45, 2.75) is 26.7 Å². The predicted octanol–water partition coefficient (Wildman–Crippen LogP) is 1.32. The van der Waals surface area contributed by atoms with Gasteiger partial charge < -0.3 is 5.11 Å². The van der Waals surface area contributed by atoms with Gasteiger partial charge in [-0.3, -0.25) is 9.59 Å². The maximum absolute atomic E-state index is 11.1. The molecule has 0 aromatic carbocycles. The molecule has 1 fully saturated rings. The van der Waals surface area contributed by atoms with E-state index in [0.717, 1.165) is 6.42 Å². The summed E-state index contributed by atoms with van der Waals surface area (Å²) >= 11 is 0. The zero-order valence-corrected chi connectivity index (χ0v) is 7.41. The van der Waals surface area contributed by atoms with Crippen LogP contribution in [0, 0.1) is 17.8 Å². The molecule has 68 valence electrons. The summed E-state index contributed by atoms with van der Waals surface area (Å²) < 4.78 is 0. The lowest BCUT2D eigenvalue weighted by Crippen LogP contribution is -2.24. The van der Waals surface area contributed by atoms with Crippen molar-refractivity contribution in [1.82, 2.24) is 0 Å². The molecule has 0 radical (unpaired) electrons. The Morgan fingerprint density at radius 3 is 2.58 bits per heavy atom. The summed E-state index contributed by atoms with van der Waals surface area (Å²) in [5.74, 6) is -0.966. The smallest absolute Gasteiger partial charge is 0.306 e. The van der Waals surface area contributed by atoms with Crippen molar-refractivity contribution >= 4 is 11.8 Å². The Morgan fingerprint density at radius 1 is 1.67 bits per heavy atom. The molecule has 1 N–H and O–H groups in total. The lowest BCUT2D eigenvalue weighted by Gasteiger charge is -2.17. The maximum Gasteiger partial charge on any atom is 0.306 e. The van der Waals surface area contributed by atoms with Crippen molar-refractivity contribution in [3.8, 4) is 0 Å². The Morgan fingerprint density at radius 2 is 2.25 bits per heavy atom. The summed E-state index contributed by atoms with van der Waals surface area (Å²) in [5, 5.41) is 8.74. The van der Waals surface area contributed by atoms with E-state index in [0.29, 0.717) is 6.42 Å². The summed E-state index contributed by atoms with van der Waals surface area (Å²) in [7, 11) is 0. The molecule has 0 heterocycles. The SMILES string of the molecule is CC(C(=O)O)C1CCC(=O)C1C. The Labute approximate surface area is 71.8 Å². The van der Waals surface area contributed by atoms with Crippen LogP contribution in [0.15, 0.2) is 0 Å². The zero-order valence-electron chi connectivity index (χ0n) is 7.41. The molecule has 3 atom stereocenters. The van der Waals surface area contributed by atoms with Crippen molar-refractivity contribution in [1.29, 1.82) is 0 Å². The van der Waals surface area contributed by atoms with E-state index in [-0.39, 0.29) is 23.5 Å². The molecule has 3 nitrogen and oxygen atoms in total. The Kier molecular flexibility index (Phi) is 2.50. The van der Waals surface area contributed by atoms with Crippen LogP contribution in [0.5, 0.6) is 0 Å². The van der Waals surface area contributed by atoms with Crippen LogP contribution in [0.4, 0.5) is 0 Å². The molecule has 0 saturated heterocycles. The van der Waals surface area contributed by atoms with Crippen molar-refractivity contribution < 1.29 is 14.7 Å². The monoisotopic (exact) mass is 170 g/mol. The Balaban J connectivity index is 2.65. The highest BCUT2D eigenvalue weighted by atomic mass is 16.4. The molecule has 1 aliphatic carbocycles. The first-order chi connectivity index (χ1) is 5.54. The Bertz CT molecular complexity index is 210. The van der Waals surface area contributed by atoms with E-state index in [4.69, 9.17) is 5.11 Å². The fraction of sp³-hybridized carbons (Fsp3) is 0.778. The standard InChI is InChI=1S/C9H14O3/c1-5-7(3-4-8(5)10)6(2)9(11)12/h5-7H,3-4H2,1-2H3,(H,11,12). The second-order valence-electron chi connectivity index (χ2n) is 3.58. The second-order valence-corrected chi connectivity index (χ2v) is 3.58. The number of carbonyl (C=O) groups excluding carboxylic acids is 1. The molecule has 0 spiro atoms. The predicted molar refractivity (Wildman–Crippen MR) is 43.7 cm³/mol. The molecule has 12 heavy (non-hydrogen) atoms. The lowest BCUT2D eigenvalue weighted by molar-refractivity contribution is -0.143. The third-order valence-corrected chi connectivity index (χ3v) is 2.91. The van der Waals surface area contributed by atoms with Crippen molar-refractivity contribution in [3.63, 3.8) is 0 Å². The van der Waals surface area contributed by atoms with Gasteiger partial charge in [-0.05, 0) is 12.3 Å². The van der Waals surface area contributed by atoms with Crippen LogP contribution in [-0.4, -0.2) is 16.9 Å². The van der Waals surface area contributed by atoms with Gasteiger partial charge in [-0.15, -0.1) is 0 Å². The molecule has 1 rings (SSSR count). The minimum absolute atomic E-state index is 0.0509. The molecule has 0 aromatic heterocycles. The first-order valence-electron chi connectivity index (χ1n) is 4.29. The molecular weight excluding hydrogens is 156 g/mol. The van der Waals surface area contributed by atoms with E-state index in [2.05, 4.69) is 0 Å². The van der Waals surface area contributed by atoms with Gasteiger partial charge >= 0.3 is 5.97 Å². The maximum atomic E-state index is 11.1. The number of carbonyl (C=O) groups is 2. The van der Waals surface area contributed by atoms with Crippen LogP contribution in [-0.2, 0) is 9.59 Å². The van der Waals surface area contributed by atoms with Crippen LogP contribution < -0.4 is 0 Å². The number of rotatable bonds is 2. The van der Waals surface area contributed by atoms with E-state index >= 15 is 0 Å². The van der Waals surface area contributed by atoms with E-state index in [1.165, 1.54) is 0 Å². The molecule has 1 aliphatic rings. The van der Waals surface area contributed by atoms with Gasteiger partial charge in [0.25, 0.3) is 0 Å². The topological polar surface area (TPSA) is 54.4 Å². The first-order valence-corrected chi connectivity index (χ1v) is 4.29. The Hall–Kier alpha value is -0.860. The number of ketones is 1. The van der Waals surface area contributed by atoms with Crippen LogP contribution >= 0.6 is 0 Å². The molecule has 3 unspecified atom stereocenters. The molecule has 0 aliphatic heterocycles. The van der Waals surface area contributed by atoms with E-state index in [1.54, 1.807) is 6.92 Å². The molecule has 0 bridgehead atoms. The normalized spacial score (nSPS) is 32.0. The average molecular weight is 170 g/mol. The highest BCUT2D eigenvalue weighted by molar-refractivity contribution is 5.84. The van der Waals surface area contributed by atoms with Gasteiger partial charge in [0.15, 0.2) is 0 Å². The first kappa shape index (κ1) is 9.23. The van der Waals surface area contributed by atoms with Crippen molar-refractivity contribution in [3.05, 3.63) is 0 Å². The molecule has 3 heteroatoms. The summed E-state index contributed by atoms with van der Waals surface area (Å²) in [5.41, 5.74) is 0. The molecule has 0 amide bonds. The number of hydrogen-bond acceptors (Lipinski definition) is 2. The van der Waals surface area contributed by atoms with Gasteiger partial charge in [0.1, 0.15) is 5.78 Å². The lowest BCUT2D eigenvalue weighted by atomic mass is 9.86. The van der Waals surface area contributed by atoms with E-state index in [9.17, 15) is 9.59 Å². The van der Waals surface area contributed by atoms with Crippen molar-refractivity contribution in [2.75, 3.05) is 0 Å². The number of aliphatic carboxylic acids is 1. The summed E-state index contributed by atoms with van der Waals surface area (Å²) in [4.78, 5) is 21.7. The van der Waals surface area contributed by atoms with Crippen LogP contribution in [0.3, 0.4) is 0 Å². The minimum atomic E-state index is -0.790. The summed E-state index contributed by atoms with van der Waals surface area (Å²) in [6.07, 6.45) is 1.30. The number of carboxylic acid groups (broad SMARTS) is 1. The average Bonchev–Trinajstić information content (AvgIpc) is 2.32. The number of carboxylic acids is 1.